The number of hydrogen-bond acceptors (Lipinski definition) is 2. The lowest BCUT2D eigenvalue weighted by molar-refractivity contribution is 0.106. The quantitative estimate of drug-likeness (QED) is 0.784. The third-order valence-electron chi connectivity index (χ3n) is 4.20. The highest BCUT2D eigenvalue weighted by Crippen LogP contribution is 2.39. The van der Waals surface area contributed by atoms with E-state index in [0.29, 0.717) is 5.92 Å². The van der Waals surface area contributed by atoms with E-state index in [0.717, 1.165) is 23.9 Å². The van der Waals surface area contributed by atoms with Crippen molar-refractivity contribution in [1.82, 2.24) is 5.32 Å². The van der Waals surface area contributed by atoms with Crippen molar-refractivity contribution < 1.29 is 4.74 Å². The van der Waals surface area contributed by atoms with Crippen LogP contribution in [0.15, 0.2) is 18.2 Å². The fourth-order valence-electron chi connectivity index (χ4n) is 3.10. The van der Waals surface area contributed by atoms with E-state index in [2.05, 4.69) is 32.2 Å². The molecule has 0 unspecified atom stereocenters. The van der Waals surface area contributed by atoms with E-state index in [4.69, 9.17) is 16.3 Å². The van der Waals surface area contributed by atoms with E-state index in [1.54, 1.807) is 0 Å². The molecule has 118 valence electrons. The van der Waals surface area contributed by atoms with Gasteiger partial charge in [0.25, 0.3) is 0 Å². The summed E-state index contributed by atoms with van der Waals surface area (Å²) in [5, 5.41) is 4.18. The van der Waals surface area contributed by atoms with Crippen molar-refractivity contribution in [3.8, 4) is 5.75 Å². The van der Waals surface area contributed by atoms with Gasteiger partial charge in [-0.05, 0) is 62.9 Å². The number of rotatable bonds is 6. The van der Waals surface area contributed by atoms with Crippen molar-refractivity contribution in [2.75, 3.05) is 13.1 Å². The van der Waals surface area contributed by atoms with Gasteiger partial charge in [-0.15, -0.1) is 0 Å². The molecule has 1 saturated carbocycles. The van der Waals surface area contributed by atoms with Crippen molar-refractivity contribution in [1.29, 1.82) is 0 Å². The van der Waals surface area contributed by atoms with Crippen LogP contribution in [0.4, 0.5) is 0 Å². The Bertz CT molecular complexity index is 453. The van der Waals surface area contributed by atoms with Gasteiger partial charge in [-0.3, -0.25) is 0 Å². The Morgan fingerprint density at radius 3 is 2.62 bits per heavy atom. The molecule has 1 aromatic carbocycles. The van der Waals surface area contributed by atoms with E-state index < -0.39 is 0 Å². The Labute approximate surface area is 134 Å². The Morgan fingerprint density at radius 2 is 1.95 bits per heavy atom. The predicted octanol–water partition coefficient (Wildman–Crippen LogP) is 5.15. The summed E-state index contributed by atoms with van der Waals surface area (Å²) < 4.78 is 6.32. The molecule has 0 spiro atoms. The Balaban J connectivity index is 2.18. The molecule has 0 aromatic heterocycles. The van der Waals surface area contributed by atoms with E-state index in [1.165, 1.54) is 37.7 Å². The third-order valence-corrected chi connectivity index (χ3v) is 4.44. The smallest absolute Gasteiger partial charge is 0.123 e. The molecule has 1 N–H and O–H groups in total. The van der Waals surface area contributed by atoms with Gasteiger partial charge in [0.05, 0.1) is 0 Å². The molecule has 0 aliphatic heterocycles. The van der Waals surface area contributed by atoms with Crippen LogP contribution >= 0.6 is 11.6 Å². The molecular formula is C18H28ClNO. The van der Waals surface area contributed by atoms with Crippen LogP contribution in [0.2, 0.25) is 5.02 Å². The third kappa shape index (κ3) is 4.89. The van der Waals surface area contributed by atoms with Crippen molar-refractivity contribution in [2.24, 2.45) is 0 Å². The minimum Gasteiger partial charge on any atom is -0.486 e. The van der Waals surface area contributed by atoms with E-state index in [-0.39, 0.29) is 5.60 Å². The Kier molecular flexibility index (Phi) is 5.95. The monoisotopic (exact) mass is 309 g/mol. The minimum absolute atomic E-state index is 0.215. The molecule has 0 bridgehead atoms. The second-order valence-electron chi connectivity index (χ2n) is 6.66. The minimum atomic E-state index is -0.215. The molecule has 2 nitrogen and oxygen atoms in total. The lowest BCUT2D eigenvalue weighted by atomic mass is 9.83. The molecule has 0 heterocycles. The number of likely N-dealkylation sites (N-methyl/N-ethyl adjacent to an activating group) is 1. The van der Waals surface area contributed by atoms with Crippen LogP contribution in [0, 0.1) is 0 Å². The molecule has 2 rings (SSSR count). The van der Waals surface area contributed by atoms with Gasteiger partial charge in [0.1, 0.15) is 11.4 Å². The molecule has 1 aromatic rings. The summed E-state index contributed by atoms with van der Waals surface area (Å²) in [7, 11) is 0. The summed E-state index contributed by atoms with van der Waals surface area (Å²) in [6, 6.07) is 6.09. The van der Waals surface area contributed by atoms with Crippen molar-refractivity contribution in [3.63, 3.8) is 0 Å². The first kappa shape index (κ1) is 16.6. The first-order valence-corrected chi connectivity index (χ1v) is 8.59. The highest BCUT2D eigenvalue weighted by molar-refractivity contribution is 6.30. The number of benzene rings is 1. The molecule has 1 aliphatic carbocycles. The van der Waals surface area contributed by atoms with Gasteiger partial charge >= 0.3 is 0 Å². The predicted molar refractivity (Wildman–Crippen MR) is 90.5 cm³/mol. The average Bonchev–Trinajstić information content (AvgIpc) is 2.48. The second kappa shape index (κ2) is 7.51. The van der Waals surface area contributed by atoms with Crippen LogP contribution in [0.5, 0.6) is 5.75 Å². The molecule has 1 aliphatic rings. The van der Waals surface area contributed by atoms with Crippen molar-refractivity contribution in [2.45, 2.75) is 64.4 Å². The van der Waals surface area contributed by atoms with Gasteiger partial charge in [0.2, 0.25) is 0 Å². The van der Waals surface area contributed by atoms with Crippen LogP contribution in [0.25, 0.3) is 0 Å². The molecule has 0 radical (unpaired) electrons. The summed E-state index contributed by atoms with van der Waals surface area (Å²) >= 11 is 6.22. The molecule has 0 saturated heterocycles. The zero-order valence-corrected chi connectivity index (χ0v) is 14.3. The van der Waals surface area contributed by atoms with Crippen molar-refractivity contribution in [3.05, 3.63) is 28.8 Å². The lowest BCUT2D eigenvalue weighted by Crippen LogP contribution is -2.40. The fraction of sp³-hybridized carbons (Fsp3) is 0.667. The maximum Gasteiger partial charge on any atom is 0.123 e. The topological polar surface area (TPSA) is 21.3 Å². The van der Waals surface area contributed by atoms with Gasteiger partial charge in [-0.2, -0.15) is 0 Å². The van der Waals surface area contributed by atoms with Crippen LogP contribution in [-0.4, -0.2) is 18.7 Å². The number of nitrogens with one attached hydrogen (secondary N) is 1. The molecule has 0 amide bonds. The highest BCUT2D eigenvalue weighted by Gasteiger charge is 2.24. The highest BCUT2D eigenvalue weighted by atomic mass is 35.5. The first-order valence-electron chi connectivity index (χ1n) is 8.21. The number of hydrogen-bond donors (Lipinski definition) is 1. The van der Waals surface area contributed by atoms with E-state index >= 15 is 0 Å². The fourth-order valence-corrected chi connectivity index (χ4v) is 3.29. The molecule has 1 fully saturated rings. The SMILES string of the molecule is CCNCC(C)(C)Oc1ccc(Cl)cc1C1CCCCC1. The second-order valence-corrected chi connectivity index (χ2v) is 7.10. The zero-order chi connectivity index (χ0) is 15.3. The largest absolute Gasteiger partial charge is 0.486 e. The zero-order valence-electron chi connectivity index (χ0n) is 13.5. The maximum absolute atomic E-state index is 6.32. The Hall–Kier alpha value is -0.730. The summed E-state index contributed by atoms with van der Waals surface area (Å²) in [5.41, 5.74) is 1.08. The Morgan fingerprint density at radius 1 is 1.24 bits per heavy atom. The normalized spacial score (nSPS) is 17.0. The van der Waals surface area contributed by atoms with Gasteiger partial charge in [0.15, 0.2) is 0 Å². The van der Waals surface area contributed by atoms with Crippen LogP contribution in [0.3, 0.4) is 0 Å². The number of halogens is 1. The average molecular weight is 310 g/mol. The van der Waals surface area contributed by atoms with E-state index in [9.17, 15) is 0 Å². The standard InChI is InChI=1S/C18H28ClNO/c1-4-20-13-18(2,3)21-17-11-10-15(19)12-16(17)14-8-6-5-7-9-14/h10-12,14,20H,4-9,13H2,1-3H3. The maximum atomic E-state index is 6.32. The van der Waals surface area contributed by atoms with E-state index in [1.807, 2.05) is 12.1 Å². The van der Waals surface area contributed by atoms with Crippen molar-refractivity contribution >= 4 is 11.6 Å². The van der Waals surface area contributed by atoms with Crippen LogP contribution < -0.4 is 10.1 Å². The van der Waals surface area contributed by atoms with Gasteiger partial charge < -0.3 is 10.1 Å². The molecule has 0 atom stereocenters. The summed E-state index contributed by atoms with van der Waals surface area (Å²) in [6.07, 6.45) is 6.50. The van der Waals surface area contributed by atoms with Crippen LogP contribution in [0.1, 0.15) is 64.4 Å². The summed E-state index contributed by atoms with van der Waals surface area (Å²) in [6.45, 7) is 8.19. The molecule has 3 heteroatoms. The summed E-state index contributed by atoms with van der Waals surface area (Å²) in [4.78, 5) is 0. The van der Waals surface area contributed by atoms with Crippen LogP contribution in [-0.2, 0) is 0 Å². The first-order chi connectivity index (χ1) is 10.0. The molecular weight excluding hydrogens is 282 g/mol. The van der Waals surface area contributed by atoms with Gasteiger partial charge in [-0.1, -0.05) is 37.8 Å². The van der Waals surface area contributed by atoms with Gasteiger partial charge in [0, 0.05) is 11.6 Å². The molecule has 21 heavy (non-hydrogen) atoms. The number of ether oxygens (including phenoxy) is 1. The summed E-state index contributed by atoms with van der Waals surface area (Å²) in [5.74, 6) is 1.61. The lowest BCUT2D eigenvalue weighted by Gasteiger charge is -2.31. The van der Waals surface area contributed by atoms with Gasteiger partial charge in [-0.25, -0.2) is 0 Å².